The highest BCUT2D eigenvalue weighted by molar-refractivity contribution is 8.02. The number of hydrogen-bond donors (Lipinski definition) is 1. The van der Waals surface area contributed by atoms with E-state index in [0.29, 0.717) is 0 Å². The first kappa shape index (κ1) is 7.42. The first-order valence-corrected chi connectivity index (χ1v) is 4.32. The smallest absolute Gasteiger partial charge is 0.345 e. The first-order valence-electron chi connectivity index (χ1n) is 3.37. The zero-order valence-electron chi connectivity index (χ0n) is 6.06. The summed E-state index contributed by atoms with van der Waals surface area (Å²) in [6, 6.07) is 1.73. The van der Waals surface area contributed by atoms with Crippen molar-refractivity contribution in [2.24, 2.45) is 0 Å². The van der Waals surface area contributed by atoms with Gasteiger partial charge in [-0.15, -0.1) is 0 Å². The van der Waals surface area contributed by atoms with Crippen molar-refractivity contribution in [2.45, 2.75) is 5.44 Å². The van der Waals surface area contributed by atoms with Gasteiger partial charge < -0.3 is 9.72 Å². The zero-order chi connectivity index (χ0) is 8.39. The lowest BCUT2D eigenvalue weighted by Crippen LogP contribution is -2.12. The highest BCUT2D eigenvalue weighted by atomic mass is 32.2. The third kappa shape index (κ3) is 1.35. The quantitative estimate of drug-likeness (QED) is 0.704. The van der Waals surface area contributed by atoms with Gasteiger partial charge in [0.1, 0.15) is 0 Å². The second kappa shape index (κ2) is 3.02. The van der Waals surface area contributed by atoms with Crippen LogP contribution in [0.25, 0.3) is 0 Å². The molecule has 1 atom stereocenters. The van der Waals surface area contributed by atoms with Gasteiger partial charge in [0.2, 0.25) is 0 Å². The van der Waals surface area contributed by atoms with E-state index in [0.717, 1.165) is 5.69 Å². The highest BCUT2D eigenvalue weighted by Gasteiger charge is 2.15. The third-order valence-electron chi connectivity index (χ3n) is 1.41. The van der Waals surface area contributed by atoms with Crippen LogP contribution in [-0.2, 0) is 4.74 Å². The largest absolute Gasteiger partial charge is 0.480 e. The standard InChI is InChI=1S/C7H6N2O2S/c10-7-8-2-1-5(9-7)6-11-3-4-12-6/h1-4,6H,(H,8,9,10). The monoisotopic (exact) mass is 182 g/mol. The Bertz CT molecular complexity index is 352. The minimum absolute atomic E-state index is 0.124. The van der Waals surface area contributed by atoms with E-state index in [-0.39, 0.29) is 11.1 Å². The first-order chi connectivity index (χ1) is 5.86. The molecule has 1 N–H and O–H groups in total. The molecular weight excluding hydrogens is 176 g/mol. The fourth-order valence-corrected chi connectivity index (χ4v) is 1.59. The van der Waals surface area contributed by atoms with E-state index < -0.39 is 0 Å². The van der Waals surface area contributed by atoms with E-state index in [9.17, 15) is 4.79 Å². The van der Waals surface area contributed by atoms with Crippen LogP contribution in [0, 0.1) is 0 Å². The second-order valence-corrected chi connectivity index (χ2v) is 3.18. The van der Waals surface area contributed by atoms with Gasteiger partial charge in [0, 0.05) is 11.6 Å². The normalized spacial score (nSPS) is 20.8. The van der Waals surface area contributed by atoms with Crippen molar-refractivity contribution in [2.75, 3.05) is 0 Å². The molecule has 0 aromatic carbocycles. The van der Waals surface area contributed by atoms with Gasteiger partial charge in [-0.1, -0.05) is 11.8 Å². The molecule has 1 unspecified atom stereocenters. The average molecular weight is 182 g/mol. The molecule has 5 heteroatoms. The lowest BCUT2D eigenvalue weighted by molar-refractivity contribution is 0.230. The van der Waals surface area contributed by atoms with Crippen LogP contribution in [0.5, 0.6) is 0 Å². The maximum Gasteiger partial charge on any atom is 0.345 e. The second-order valence-electron chi connectivity index (χ2n) is 2.21. The van der Waals surface area contributed by atoms with Gasteiger partial charge in [0.25, 0.3) is 0 Å². The molecule has 0 spiro atoms. The van der Waals surface area contributed by atoms with Crippen LogP contribution >= 0.6 is 11.8 Å². The molecule has 0 radical (unpaired) electrons. The average Bonchev–Trinajstić information content (AvgIpc) is 2.56. The van der Waals surface area contributed by atoms with Crippen LogP contribution in [0.15, 0.2) is 28.7 Å². The summed E-state index contributed by atoms with van der Waals surface area (Å²) in [7, 11) is 0. The third-order valence-corrected chi connectivity index (χ3v) is 2.29. The molecule has 0 fully saturated rings. The molecule has 0 aliphatic carbocycles. The van der Waals surface area contributed by atoms with Crippen LogP contribution < -0.4 is 5.69 Å². The Kier molecular flexibility index (Phi) is 1.87. The topological polar surface area (TPSA) is 55.0 Å². The van der Waals surface area contributed by atoms with Gasteiger partial charge in [0.15, 0.2) is 5.44 Å². The lowest BCUT2D eigenvalue weighted by atomic mass is 10.4. The summed E-state index contributed by atoms with van der Waals surface area (Å²) < 4.78 is 5.18. The van der Waals surface area contributed by atoms with Gasteiger partial charge in [-0.05, 0) is 6.07 Å². The van der Waals surface area contributed by atoms with E-state index in [2.05, 4.69) is 9.97 Å². The van der Waals surface area contributed by atoms with Crippen molar-refractivity contribution in [1.82, 2.24) is 9.97 Å². The molecule has 1 aliphatic heterocycles. The summed E-state index contributed by atoms with van der Waals surface area (Å²) >= 11 is 1.50. The minimum atomic E-state index is -0.344. The molecule has 2 heterocycles. The highest BCUT2D eigenvalue weighted by Crippen LogP contribution is 2.33. The van der Waals surface area contributed by atoms with Crippen LogP contribution in [0.2, 0.25) is 0 Å². The number of H-pyrrole nitrogens is 1. The van der Waals surface area contributed by atoms with E-state index in [1.807, 2.05) is 5.41 Å². The number of thioether (sulfide) groups is 1. The van der Waals surface area contributed by atoms with Crippen molar-refractivity contribution in [3.63, 3.8) is 0 Å². The van der Waals surface area contributed by atoms with Gasteiger partial charge in [-0.2, -0.15) is 0 Å². The molecule has 1 aliphatic rings. The van der Waals surface area contributed by atoms with Crippen molar-refractivity contribution >= 4 is 11.8 Å². The van der Waals surface area contributed by atoms with Crippen LogP contribution in [0.1, 0.15) is 11.1 Å². The van der Waals surface area contributed by atoms with Crippen molar-refractivity contribution in [3.05, 3.63) is 40.1 Å². The Balaban J connectivity index is 2.28. The van der Waals surface area contributed by atoms with Crippen LogP contribution in [0.4, 0.5) is 0 Å². The Hall–Kier alpha value is -1.23. The number of nitrogens with one attached hydrogen (secondary N) is 1. The summed E-state index contributed by atoms with van der Waals surface area (Å²) in [5.74, 6) is 0. The Labute approximate surface area is 72.7 Å². The predicted molar refractivity (Wildman–Crippen MR) is 45.4 cm³/mol. The Morgan fingerprint density at radius 2 is 2.58 bits per heavy atom. The maximum absolute atomic E-state index is 10.8. The van der Waals surface area contributed by atoms with Crippen molar-refractivity contribution < 1.29 is 4.74 Å². The molecule has 0 amide bonds. The van der Waals surface area contributed by atoms with E-state index in [1.54, 1.807) is 12.3 Å². The zero-order valence-corrected chi connectivity index (χ0v) is 6.88. The summed E-state index contributed by atoms with van der Waals surface area (Å²) in [5.41, 5.74) is 0.272. The number of aromatic amines is 1. The molecular formula is C7H6N2O2S. The van der Waals surface area contributed by atoms with Crippen LogP contribution in [0.3, 0.4) is 0 Å². The van der Waals surface area contributed by atoms with E-state index >= 15 is 0 Å². The summed E-state index contributed by atoms with van der Waals surface area (Å²) in [5, 5.41) is 1.84. The molecule has 62 valence electrons. The van der Waals surface area contributed by atoms with E-state index in [4.69, 9.17) is 4.74 Å². The van der Waals surface area contributed by atoms with E-state index in [1.165, 1.54) is 18.0 Å². The number of ether oxygens (including phenoxy) is 1. The molecule has 12 heavy (non-hydrogen) atoms. The van der Waals surface area contributed by atoms with Gasteiger partial charge >= 0.3 is 5.69 Å². The number of aromatic nitrogens is 2. The minimum Gasteiger partial charge on any atom is -0.480 e. The van der Waals surface area contributed by atoms with Gasteiger partial charge in [-0.25, -0.2) is 9.78 Å². The molecule has 2 rings (SSSR count). The Morgan fingerprint density at radius 3 is 3.25 bits per heavy atom. The van der Waals surface area contributed by atoms with Crippen molar-refractivity contribution in [1.29, 1.82) is 0 Å². The molecule has 1 aromatic rings. The summed E-state index contributed by atoms with van der Waals surface area (Å²) in [6.07, 6.45) is 3.07. The molecule has 0 saturated carbocycles. The molecule has 1 aromatic heterocycles. The molecule has 4 nitrogen and oxygen atoms in total. The molecule has 0 bridgehead atoms. The predicted octanol–water partition coefficient (Wildman–Crippen LogP) is 1.00. The van der Waals surface area contributed by atoms with Gasteiger partial charge in [-0.3, -0.25) is 0 Å². The maximum atomic E-state index is 10.8. The number of hydrogen-bond acceptors (Lipinski definition) is 4. The lowest BCUT2D eigenvalue weighted by Gasteiger charge is -2.07. The van der Waals surface area contributed by atoms with Gasteiger partial charge in [0.05, 0.1) is 12.0 Å². The fraction of sp³-hybridized carbons (Fsp3) is 0.143. The summed E-state index contributed by atoms with van der Waals surface area (Å²) in [4.78, 5) is 16.9. The number of nitrogens with zero attached hydrogens (tertiary/aromatic N) is 1. The van der Waals surface area contributed by atoms with Crippen LogP contribution in [-0.4, -0.2) is 9.97 Å². The Morgan fingerprint density at radius 1 is 1.67 bits per heavy atom. The summed E-state index contributed by atoms with van der Waals surface area (Å²) in [6.45, 7) is 0. The van der Waals surface area contributed by atoms with Crippen molar-refractivity contribution in [3.8, 4) is 0 Å². The fourth-order valence-electron chi connectivity index (χ4n) is 0.906. The SMILES string of the molecule is O=c1nccc(C2OC=CS2)[nH]1. The number of rotatable bonds is 1. The molecule has 0 saturated heterocycles.